The van der Waals surface area contributed by atoms with E-state index >= 15 is 0 Å². The molecule has 0 radical (unpaired) electrons. The Labute approximate surface area is 147 Å². The number of rotatable bonds is 6. The highest BCUT2D eigenvalue weighted by Crippen LogP contribution is 2.39. The Kier molecular flexibility index (Phi) is 6.91. The lowest BCUT2D eigenvalue weighted by Crippen LogP contribution is -2.14. The summed E-state index contributed by atoms with van der Waals surface area (Å²) >= 11 is 0. The lowest BCUT2D eigenvalue weighted by Gasteiger charge is -2.26. The largest absolute Gasteiger partial charge is 0.491 e. The molecule has 140 valence electrons. The van der Waals surface area contributed by atoms with Crippen LogP contribution in [0.3, 0.4) is 0 Å². The van der Waals surface area contributed by atoms with Crippen molar-refractivity contribution in [3.05, 3.63) is 35.2 Å². The first-order valence-electron chi connectivity index (χ1n) is 9.07. The van der Waals surface area contributed by atoms with Gasteiger partial charge in [-0.3, -0.25) is 0 Å². The fourth-order valence-corrected chi connectivity index (χ4v) is 3.58. The van der Waals surface area contributed by atoms with Crippen LogP contribution < -0.4 is 4.74 Å². The van der Waals surface area contributed by atoms with E-state index < -0.39 is 17.6 Å². The standard InChI is InChI=1S/C20H26F4O/c1-3-5-14-6-8-15(9-7-14)10-11-16-12-13-17(25-4-2)19(21)18(16)20(22,23)24/h10-15H,3-9H2,1-2H3. The van der Waals surface area contributed by atoms with Crippen molar-refractivity contribution >= 4 is 6.08 Å². The summed E-state index contributed by atoms with van der Waals surface area (Å²) in [5.41, 5.74) is -1.38. The number of allylic oxidation sites excluding steroid dienone is 1. The van der Waals surface area contributed by atoms with Crippen molar-refractivity contribution in [3.63, 3.8) is 0 Å². The molecule has 2 rings (SSSR count). The van der Waals surface area contributed by atoms with Gasteiger partial charge in [0, 0.05) is 0 Å². The van der Waals surface area contributed by atoms with Crippen molar-refractivity contribution in [3.8, 4) is 5.75 Å². The van der Waals surface area contributed by atoms with Crippen LogP contribution in [0.1, 0.15) is 63.5 Å². The van der Waals surface area contributed by atoms with Gasteiger partial charge in [-0.15, -0.1) is 0 Å². The van der Waals surface area contributed by atoms with Gasteiger partial charge in [-0.05, 0) is 56.1 Å². The molecule has 0 saturated heterocycles. The maximum Gasteiger partial charge on any atom is 0.419 e. The van der Waals surface area contributed by atoms with Crippen molar-refractivity contribution < 1.29 is 22.3 Å². The first-order valence-corrected chi connectivity index (χ1v) is 9.07. The van der Waals surface area contributed by atoms with E-state index in [2.05, 4.69) is 6.92 Å². The summed E-state index contributed by atoms with van der Waals surface area (Å²) in [5, 5.41) is 0. The minimum absolute atomic E-state index is 0.115. The summed E-state index contributed by atoms with van der Waals surface area (Å²) in [7, 11) is 0. The number of halogens is 4. The summed E-state index contributed by atoms with van der Waals surface area (Å²) in [6.45, 7) is 3.89. The van der Waals surface area contributed by atoms with E-state index in [1.165, 1.54) is 31.1 Å². The molecule has 0 heterocycles. The van der Waals surface area contributed by atoms with Gasteiger partial charge in [-0.1, -0.05) is 38.0 Å². The zero-order valence-electron chi connectivity index (χ0n) is 14.8. The van der Waals surface area contributed by atoms with Crippen LogP contribution >= 0.6 is 0 Å². The summed E-state index contributed by atoms with van der Waals surface area (Å²) in [4.78, 5) is 0. The lowest BCUT2D eigenvalue weighted by molar-refractivity contribution is -0.140. The molecule has 1 aliphatic carbocycles. The lowest BCUT2D eigenvalue weighted by atomic mass is 9.80. The molecule has 0 atom stereocenters. The first kappa shape index (κ1) is 19.8. The van der Waals surface area contributed by atoms with E-state index in [-0.39, 0.29) is 23.8 Å². The third kappa shape index (κ3) is 5.23. The molecule has 0 aliphatic heterocycles. The quantitative estimate of drug-likeness (QED) is 0.505. The van der Waals surface area contributed by atoms with Crippen LogP contribution in [0.2, 0.25) is 0 Å². The molecular formula is C20H26F4O. The number of hydrogen-bond acceptors (Lipinski definition) is 1. The van der Waals surface area contributed by atoms with E-state index in [0.717, 1.165) is 31.6 Å². The predicted octanol–water partition coefficient (Wildman–Crippen LogP) is 6.86. The molecule has 1 fully saturated rings. The van der Waals surface area contributed by atoms with E-state index in [4.69, 9.17) is 4.74 Å². The number of benzene rings is 1. The van der Waals surface area contributed by atoms with Gasteiger partial charge in [0.15, 0.2) is 11.6 Å². The molecule has 1 aliphatic rings. The van der Waals surface area contributed by atoms with E-state index in [1.807, 2.05) is 6.08 Å². The minimum atomic E-state index is -4.75. The zero-order valence-corrected chi connectivity index (χ0v) is 14.8. The highest BCUT2D eigenvalue weighted by molar-refractivity contribution is 5.57. The zero-order chi connectivity index (χ0) is 18.4. The average molecular weight is 358 g/mol. The monoisotopic (exact) mass is 358 g/mol. The van der Waals surface area contributed by atoms with Crippen molar-refractivity contribution in [1.82, 2.24) is 0 Å². The van der Waals surface area contributed by atoms with Crippen molar-refractivity contribution in [2.24, 2.45) is 11.8 Å². The first-order chi connectivity index (χ1) is 11.9. The molecule has 0 unspecified atom stereocenters. The second-order valence-corrected chi connectivity index (χ2v) is 6.70. The molecule has 25 heavy (non-hydrogen) atoms. The summed E-state index contributed by atoms with van der Waals surface area (Å²) in [6.07, 6.45) is 5.09. The van der Waals surface area contributed by atoms with Gasteiger partial charge in [0.05, 0.1) is 6.61 Å². The Morgan fingerprint density at radius 3 is 2.36 bits per heavy atom. The molecule has 5 heteroatoms. The molecule has 0 N–H and O–H groups in total. The number of hydrogen-bond donors (Lipinski definition) is 0. The molecular weight excluding hydrogens is 332 g/mol. The van der Waals surface area contributed by atoms with E-state index in [1.54, 1.807) is 6.92 Å². The molecule has 1 nitrogen and oxygen atoms in total. The SMILES string of the molecule is CCCC1CCC(C=Cc2ccc(OCC)c(F)c2C(F)(F)F)CC1. The fourth-order valence-electron chi connectivity index (χ4n) is 3.58. The van der Waals surface area contributed by atoms with Gasteiger partial charge in [0.1, 0.15) is 5.56 Å². The maximum absolute atomic E-state index is 14.2. The molecule has 0 aromatic heterocycles. The van der Waals surface area contributed by atoms with Gasteiger partial charge >= 0.3 is 6.18 Å². The van der Waals surface area contributed by atoms with E-state index in [9.17, 15) is 17.6 Å². The van der Waals surface area contributed by atoms with Crippen LogP contribution in [-0.4, -0.2) is 6.61 Å². The predicted molar refractivity (Wildman–Crippen MR) is 92.0 cm³/mol. The number of ether oxygens (including phenoxy) is 1. The second kappa shape index (κ2) is 8.72. The molecule has 1 aromatic rings. The van der Waals surface area contributed by atoms with Crippen LogP contribution in [-0.2, 0) is 6.18 Å². The van der Waals surface area contributed by atoms with Crippen molar-refractivity contribution in [1.29, 1.82) is 0 Å². The average Bonchev–Trinajstić information content (AvgIpc) is 2.55. The molecule has 1 aromatic carbocycles. The minimum Gasteiger partial charge on any atom is -0.491 e. The third-order valence-electron chi connectivity index (χ3n) is 4.86. The Hall–Kier alpha value is -1.52. The van der Waals surface area contributed by atoms with Gasteiger partial charge in [-0.2, -0.15) is 13.2 Å². The van der Waals surface area contributed by atoms with Gasteiger partial charge in [-0.25, -0.2) is 4.39 Å². The van der Waals surface area contributed by atoms with Crippen LogP contribution in [0.15, 0.2) is 18.2 Å². The molecule has 1 saturated carbocycles. The van der Waals surface area contributed by atoms with Gasteiger partial charge < -0.3 is 4.74 Å². The van der Waals surface area contributed by atoms with Crippen molar-refractivity contribution in [2.75, 3.05) is 6.61 Å². The Bertz CT molecular complexity index is 584. The Balaban J connectivity index is 2.17. The van der Waals surface area contributed by atoms with Gasteiger partial charge in [0.25, 0.3) is 0 Å². The molecule has 0 amide bonds. The van der Waals surface area contributed by atoms with Crippen LogP contribution in [0.4, 0.5) is 17.6 Å². The maximum atomic E-state index is 14.2. The molecule has 0 spiro atoms. The number of alkyl halides is 3. The third-order valence-corrected chi connectivity index (χ3v) is 4.86. The summed E-state index contributed by atoms with van der Waals surface area (Å²) < 4.78 is 59.1. The highest BCUT2D eigenvalue weighted by atomic mass is 19.4. The van der Waals surface area contributed by atoms with Gasteiger partial charge in [0.2, 0.25) is 0 Å². The van der Waals surface area contributed by atoms with E-state index in [0.29, 0.717) is 0 Å². The summed E-state index contributed by atoms with van der Waals surface area (Å²) in [5.74, 6) is -0.678. The van der Waals surface area contributed by atoms with Crippen LogP contribution in [0, 0.1) is 17.7 Å². The summed E-state index contributed by atoms with van der Waals surface area (Å²) in [6, 6.07) is 2.56. The smallest absolute Gasteiger partial charge is 0.419 e. The topological polar surface area (TPSA) is 9.23 Å². The van der Waals surface area contributed by atoms with Crippen LogP contribution in [0.25, 0.3) is 6.08 Å². The highest BCUT2D eigenvalue weighted by Gasteiger charge is 2.38. The second-order valence-electron chi connectivity index (χ2n) is 6.70. The van der Waals surface area contributed by atoms with Crippen LogP contribution in [0.5, 0.6) is 5.75 Å². The fraction of sp³-hybridized carbons (Fsp3) is 0.600. The Morgan fingerprint density at radius 2 is 1.80 bits per heavy atom. The van der Waals surface area contributed by atoms with Crippen molar-refractivity contribution in [2.45, 2.75) is 58.5 Å². The normalized spacial score (nSPS) is 21.7. The molecule has 0 bridgehead atoms. The Morgan fingerprint density at radius 1 is 1.12 bits per heavy atom.